The van der Waals surface area contributed by atoms with Crippen LogP contribution >= 0.6 is 0 Å². The predicted molar refractivity (Wildman–Crippen MR) is 98.6 cm³/mol. The maximum Gasteiger partial charge on any atom is 0.322 e. The summed E-state index contributed by atoms with van der Waals surface area (Å²) in [5.41, 5.74) is 5.40. The molecule has 0 saturated heterocycles. The highest BCUT2D eigenvalue weighted by Crippen LogP contribution is 2.33. The van der Waals surface area contributed by atoms with Crippen molar-refractivity contribution in [2.45, 2.75) is 26.8 Å². The van der Waals surface area contributed by atoms with Gasteiger partial charge in [0.2, 0.25) is 0 Å². The summed E-state index contributed by atoms with van der Waals surface area (Å²) in [6.07, 6.45) is 0.802. The van der Waals surface area contributed by atoms with Gasteiger partial charge in [0.15, 0.2) is 11.5 Å². The van der Waals surface area contributed by atoms with E-state index in [-0.39, 0.29) is 6.03 Å². The van der Waals surface area contributed by atoms with Crippen LogP contribution in [0.4, 0.5) is 10.5 Å². The predicted octanol–water partition coefficient (Wildman–Crippen LogP) is 3.91. The number of ether oxygens (including phenoxy) is 2. The third-order valence-corrected chi connectivity index (χ3v) is 4.63. The molecular weight excluding hydrogens is 316 g/mol. The first-order valence-corrected chi connectivity index (χ1v) is 8.38. The molecule has 3 rings (SSSR count). The first kappa shape index (κ1) is 17.1. The highest BCUT2D eigenvalue weighted by molar-refractivity contribution is 5.90. The van der Waals surface area contributed by atoms with Crippen LogP contribution in [0.5, 0.6) is 11.5 Å². The number of aryl methyl sites for hydroxylation is 2. The van der Waals surface area contributed by atoms with E-state index in [9.17, 15) is 4.79 Å². The Morgan fingerprint density at radius 3 is 2.36 bits per heavy atom. The van der Waals surface area contributed by atoms with Crippen molar-refractivity contribution in [2.24, 2.45) is 0 Å². The molecule has 2 amide bonds. The second-order valence-corrected chi connectivity index (χ2v) is 6.40. The number of methoxy groups -OCH3 is 2. The molecule has 1 aliphatic rings. The van der Waals surface area contributed by atoms with Crippen molar-refractivity contribution in [2.75, 3.05) is 26.1 Å². The fraction of sp³-hybridized carbons (Fsp3) is 0.350. The molecule has 0 spiro atoms. The minimum Gasteiger partial charge on any atom is -0.493 e. The molecule has 0 saturated carbocycles. The lowest BCUT2D eigenvalue weighted by Crippen LogP contribution is -2.39. The van der Waals surface area contributed by atoms with E-state index in [1.54, 1.807) is 14.2 Å². The van der Waals surface area contributed by atoms with Crippen molar-refractivity contribution in [3.8, 4) is 11.5 Å². The van der Waals surface area contributed by atoms with E-state index in [1.807, 2.05) is 43.0 Å². The highest BCUT2D eigenvalue weighted by Gasteiger charge is 2.23. The van der Waals surface area contributed by atoms with Crippen LogP contribution in [-0.2, 0) is 13.0 Å². The summed E-state index contributed by atoms with van der Waals surface area (Å²) in [6.45, 7) is 5.29. The van der Waals surface area contributed by atoms with Crippen LogP contribution in [0.15, 0.2) is 30.3 Å². The lowest BCUT2D eigenvalue weighted by molar-refractivity contribution is 0.206. The van der Waals surface area contributed by atoms with Gasteiger partial charge in [0.1, 0.15) is 0 Å². The largest absolute Gasteiger partial charge is 0.493 e. The number of amides is 2. The number of carbonyl (C=O) groups is 1. The summed E-state index contributed by atoms with van der Waals surface area (Å²) >= 11 is 0. The quantitative estimate of drug-likeness (QED) is 0.921. The second kappa shape index (κ2) is 7.05. The first-order chi connectivity index (χ1) is 12.0. The number of nitrogens with zero attached hydrogens (tertiary/aromatic N) is 1. The number of urea groups is 1. The number of nitrogens with one attached hydrogen (secondary N) is 1. The standard InChI is InChI=1S/C20H24N2O3/c1-13-5-6-17(14(2)9-13)21-20(23)22-8-7-15-10-18(24-3)19(25-4)11-16(15)12-22/h5-6,9-11H,7-8,12H2,1-4H3,(H,21,23). The first-order valence-electron chi connectivity index (χ1n) is 8.38. The molecule has 0 bridgehead atoms. The van der Waals surface area contributed by atoms with Crippen molar-refractivity contribution in [3.63, 3.8) is 0 Å². The lowest BCUT2D eigenvalue weighted by atomic mass is 9.99. The third kappa shape index (κ3) is 3.55. The molecule has 2 aromatic carbocycles. The summed E-state index contributed by atoms with van der Waals surface area (Å²) in [4.78, 5) is 14.5. The van der Waals surface area contributed by atoms with Crippen LogP contribution in [0.2, 0.25) is 0 Å². The number of rotatable bonds is 3. The van der Waals surface area contributed by atoms with Crippen molar-refractivity contribution >= 4 is 11.7 Å². The number of anilines is 1. The molecule has 2 aromatic rings. The zero-order valence-corrected chi connectivity index (χ0v) is 15.2. The van der Waals surface area contributed by atoms with Crippen LogP contribution in [-0.4, -0.2) is 31.7 Å². The van der Waals surface area contributed by atoms with Gasteiger partial charge in [-0.25, -0.2) is 4.79 Å². The van der Waals surface area contributed by atoms with E-state index >= 15 is 0 Å². The summed E-state index contributed by atoms with van der Waals surface area (Å²) in [6, 6.07) is 9.92. The zero-order valence-electron chi connectivity index (χ0n) is 15.2. The van der Waals surface area contributed by atoms with E-state index in [2.05, 4.69) is 11.4 Å². The van der Waals surface area contributed by atoms with Gasteiger partial charge in [-0.05, 0) is 55.2 Å². The maximum atomic E-state index is 12.7. The number of fused-ring (bicyclic) bond motifs is 1. The Morgan fingerprint density at radius 1 is 1.04 bits per heavy atom. The van der Waals surface area contributed by atoms with Gasteiger partial charge in [-0.3, -0.25) is 0 Å². The molecule has 1 heterocycles. The topological polar surface area (TPSA) is 50.8 Å². The number of hydrogen-bond donors (Lipinski definition) is 1. The average Bonchev–Trinajstić information content (AvgIpc) is 2.62. The van der Waals surface area contributed by atoms with E-state index in [0.717, 1.165) is 29.0 Å². The van der Waals surface area contributed by atoms with E-state index < -0.39 is 0 Å². The van der Waals surface area contributed by atoms with Crippen LogP contribution in [0.1, 0.15) is 22.3 Å². The molecule has 25 heavy (non-hydrogen) atoms. The average molecular weight is 340 g/mol. The summed E-state index contributed by atoms with van der Waals surface area (Å²) in [7, 11) is 3.26. The molecule has 1 N–H and O–H groups in total. The Morgan fingerprint density at radius 2 is 1.72 bits per heavy atom. The van der Waals surface area contributed by atoms with Crippen molar-refractivity contribution < 1.29 is 14.3 Å². The molecule has 5 nitrogen and oxygen atoms in total. The summed E-state index contributed by atoms with van der Waals surface area (Å²) in [5, 5.41) is 3.02. The van der Waals surface area contributed by atoms with Crippen LogP contribution in [0, 0.1) is 13.8 Å². The fourth-order valence-corrected chi connectivity index (χ4v) is 3.20. The molecule has 0 radical (unpaired) electrons. The highest BCUT2D eigenvalue weighted by atomic mass is 16.5. The minimum atomic E-state index is -0.0765. The Kier molecular flexibility index (Phi) is 4.83. The van der Waals surface area contributed by atoms with E-state index in [1.165, 1.54) is 11.1 Å². The van der Waals surface area contributed by atoms with Gasteiger partial charge in [-0.15, -0.1) is 0 Å². The molecule has 0 aliphatic carbocycles. The van der Waals surface area contributed by atoms with Gasteiger partial charge in [-0.2, -0.15) is 0 Å². The van der Waals surface area contributed by atoms with E-state index in [0.29, 0.717) is 18.8 Å². The normalized spacial score (nSPS) is 13.2. The molecule has 0 fully saturated rings. The molecule has 0 unspecified atom stereocenters. The van der Waals surface area contributed by atoms with Crippen LogP contribution in [0.3, 0.4) is 0 Å². The summed E-state index contributed by atoms with van der Waals surface area (Å²) < 4.78 is 10.7. The van der Waals surface area contributed by atoms with Gasteiger partial charge in [0.05, 0.1) is 14.2 Å². The fourth-order valence-electron chi connectivity index (χ4n) is 3.20. The Labute approximate surface area is 148 Å². The second-order valence-electron chi connectivity index (χ2n) is 6.40. The zero-order chi connectivity index (χ0) is 18.0. The Hall–Kier alpha value is -2.69. The number of hydrogen-bond acceptors (Lipinski definition) is 3. The molecule has 0 atom stereocenters. The number of benzene rings is 2. The van der Waals surface area contributed by atoms with E-state index in [4.69, 9.17) is 9.47 Å². The molecule has 5 heteroatoms. The molecule has 1 aliphatic heterocycles. The van der Waals surface area contributed by atoms with Gasteiger partial charge in [0.25, 0.3) is 0 Å². The van der Waals surface area contributed by atoms with Gasteiger partial charge in [-0.1, -0.05) is 17.7 Å². The maximum absolute atomic E-state index is 12.7. The third-order valence-electron chi connectivity index (χ3n) is 4.63. The number of carbonyl (C=O) groups excluding carboxylic acids is 1. The minimum absolute atomic E-state index is 0.0765. The van der Waals surface area contributed by atoms with Crippen LogP contribution < -0.4 is 14.8 Å². The molecule has 132 valence electrons. The molecule has 0 aromatic heterocycles. The summed E-state index contributed by atoms with van der Waals surface area (Å²) in [5.74, 6) is 1.42. The Balaban J connectivity index is 1.76. The monoisotopic (exact) mass is 340 g/mol. The van der Waals surface area contributed by atoms with Gasteiger partial charge >= 0.3 is 6.03 Å². The van der Waals surface area contributed by atoms with Crippen molar-refractivity contribution in [1.82, 2.24) is 4.90 Å². The Bertz CT molecular complexity index is 802. The van der Waals surface area contributed by atoms with Gasteiger partial charge in [0, 0.05) is 18.8 Å². The van der Waals surface area contributed by atoms with Crippen molar-refractivity contribution in [3.05, 3.63) is 52.6 Å². The SMILES string of the molecule is COc1cc2c(cc1OC)CN(C(=O)Nc1ccc(C)cc1C)CC2. The van der Waals surface area contributed by atoms with Gasteiger partial charge < -0.3 is 19.7 Å². The smallest absolute Gasteiger partial charge is 0.322 e. The van der Waals surface area contributed by atoms with Crippen molar-refractivity contribution in [1.29, 1.82) is 0 Å². The lowest BCUT2D eigenvalue weighted by Gasteiger charge is -2.30. The van der Waals surface area contributed by atoms with Crippen LogP contribution in [0.25, 0.3) is 0 Å². The molecular formula is C20H24N2O3.